The number of rotatable bonds is 7. The molecule has 0 bridgehead atoms. The molecule has 6 nitrogen and oxygen atoms in total. The Labute approximate surface area is 109 Å². The first kappa shape index (κ1) is 16.7. The number of oxime groups is 1. The molecule has 1 atom stereocenters. The molecule has 0 rings (SSSR count). The molecular weight excluding hydrogens is 234 g/mol. The summed E-state index contributed by atoms with van der Waals surface area (Å²) in [5.41, 5.74) is 4.56. The van der Waals surface area contributed by atoms with Crippen molar-refractivity contribution in [3.8, 4) is 0 Å². The van der Waals surface area contributed by atoms with Crippen molar-refractivity contribution in [3.05, 3.63) is 0 Å². The minimum atomic E-state index is -1.02. The summed E-state index contributed by atoms with van der Waals surface area (Å²) in [5.74, 6) is -0.248. The van der Waals surface area contributed by atoms with Crippen LogP contribution in [0.5, 0.6) is 0 Å². The van der Waals surface area contributed by atoms with Gasteiger partial charge < -0.3 is 20.6 Å². The highest BCUT2D eigenvalue weighted by Gasteiger charge is 2.37. The Morgan fingerprint density at radius 3 is 2.50 bits per heavy atom. The molecule has 0 aromatic carbocycles. The zero-order valence-corrected chi connectivity index (χ0v) is 11.9. The van der Waals surface area contributed by atoms with Crippen molar-refractivity contribution in [2.24, 2.45) is 16.3 Å². The van der Waals surface area contributed by atoms with Gasteiger partial charge in [0.15, 0.2) is 5.84 Å². The lowest BCUT2D eigenvalue weighted by molar-refractivity contribution is -0.140. The van der Waals surface area contributed by atoms with Crippen LogP contribution in [0.4, 0.5) is 0 Å². The number of methoxy groups -OCH3 is 1. The van der Waals surface area contributed by atoms with Gasteiger partial charge in [0, 0.05) is 19.7 Å². The highest BCUT2D eigenvalue weighted by atomic mass is 16.5. The van der Waals surface area contributed by atoms with Crippen LogP contribution in [0, 0.1) is 5.41 Å². The van der Waals surface area contributed by atoms with E-state index in [1.165, 1.54) is 0 Å². The third kappa shape index (κ3) is 3.87. The fraction of sp³-hybridized carbons (Fsp3) is 0.833. The fourth-order valence-corrected chi connectivity index (χ4v) is 1.53. The molecule has 0 aliphatic heterocycles. The minimum absolute atomic E-state index is 0.0819. The molecule has 0 spiro atoms. The quantitative estimate of drug-likeness (QED) is 0.309. The van der Waals surface area contributed by atoms with Gasteiger partial charge in [0.1, 0.15) is 5.41 Å². The standard InChI is InChI=1S/C12H25N3O3/c1-6-9(2)15(7-8-18-5)11(16)12(3,4)10(13)14-17/h9,17H,6-8H2,1-5H3,(H2,13,14). The van der Waals surface area contributed by atoms with E-state index in [0.717, 1.165) is 6.42 Å². The van der Waals surface area contributed by atoms with Crippen LogP contribution in [-0.2, 0) is 9.53 Å². The summed E-state index contributed by atoms with van der Waals surface area (Å²) in [6.45, 7) is 8.22. The summed E-state index contributed by atoms with van der Waals surface area (Å²) in [5, 5.41) is 11.7. The van der Waals surface area contributed by atoms with Gasteiger partial charge in [-0.1, -0.05) is 12.1 Å². The van der Waals surface area contributed by atoms with Gasteiger partial charge in [-0.05, 0) is 27.2 Å². The Hall–Kier alpha value is -1.30. The van der Waals surface area contributed by atoms with E-state index in [0.29, 0.717) is 13.2 Å². The van der Waals surface area contributed by atoms with Crippen LogP contribution in [0.1, 0.15) is 34.1 Å². The van der Waals surface area contributed by atoms with Gasteiger partial charge in [0.05, 0.1) is 6.61 Å². The van der Waals surface area contributed by atoms with Crippen molar-refractivity contribution in [2.45, 2.75) is 40.2 Å². The average Bonchev–Trinajstić information content (AvgIpc) is 2.37. The van der Waals surface area contributed by atoms with E-state index in [1.54, 1.807) is 25.9 Å². The number of carbonyl (C=O) groups excluding carboxylic acids is 1. The van der Waals surface area contributed by atoms with Gasteiger partial charge >= 0.3 is 0 Å². The number of nitrogens with zero attached hydrogens (tertiary/aromatic N) is 2. The van der Waals surface area contributed by atoms with E-state index in [1.807, 2.05) is 13.8 Å². The van der Waals surface area contributed by atoms with Crippen LogP contribution in [-0.4, -0.2) is 48.2 Å². The summed E-state index contributed by atoms with van der Waals surface area (Å²) in [7, 11) is 1.59. The second kappa shape index (κ2) is 7.20. The van der Waals surface area contributed by atoms with Gasteiger partial charge in [0.2, 0.25) is 5.91 Å². The normalized spacial score (nSPS) is 14.4. The zero-order valence-electron chi connectivity index (χ0n) is 11.9. The topological polar surface area (TPSA) is 88.2 Å². The maximum Gasteiger partial charge on any atom is 0.236 e. The smallest absolute Gasteiger partial charge is 0.236 e. The summed E-state index contributed by atoms with van der Waals surface area (Å²) in [6.07, 6.45) is 0.835. The Morgan fingerprint density at radius 2 is 2.11 bits per heavy atom. The van der Waals surface area contributed by atoms with Gasteiger partial charge in [0.25, 0.3) is 0 Å². The number of nitrogens with two attached hydrogens (primary N) is 1. The molecule has 0 aliphatic carbocycles. The average molecular weight is 259 g/mol. The molecule has 1 unspecified atom stereocenters. The summed E-state index contributed by atoms with van der Waals surface area (Å²) < 4.78 is 5.01. The Morgan fingerprint density at radius 1 is 1.56 bits per heavy atom. The first-order valence-corrected chi connectivity index (χ1v) is 6.10. The predicted octanol–water partition coefficient (Wildman–Crippen LogP) is 1.03. The molecule has 1 amide bonds. The molecule has 0 aliphatic rings. The van der Waals surface area contributed by atoms with Crippen LogP contribution in [0.15, 0.2) is 5.16 Å². The third-order valence-electron chi connectivity index (χ3n) is 3.20. The van der Waals surface area contributed by atoms with Crippen molar-refractivity contribution in [2.75, 3.05) is 20.3 Å². The SMILES string of the molecule is CCC(C)N(CCOC)C(=O)C(C)(C)C(N)=NO. The van der Waals surface area contributed by atoms with E-state index in [4.69, 9.17) is 15.7 Å². The van der Waals surface area contributed by atoms with Crippen molar-refractivity contribution in [1.82, 2.24) is 4.90 Å². The predicted molar refractivity (Wildman–Crippen MR) is 70.5 cm³/mol. The number of amidine groups is 1. The zero-order chi connectivity index (χ0) is 14.3. The fourth-order valence-electron chi connectivity index (χ4n) is 1.53. The monoisotopic (exact) mass is 259 g/mol. The highest BCUT2D eigenvalue weighted by molar-refractivity contribution is 6.05. The number of amides is 1. The molecule has 0 fully saturated rings. The molecule has 0 aromatic heterocycles. The van der Waals surface area contributed by atoms with E-state index < -0.39 is 5.41 Å². The molecule has 6 heteroatoms. The van der Waals surface area contributed by atoms with Gasteiger partial charge in [-0.3, -0.25) is 4.79 Å². The Balaban J connectivity index is 5.06. The number of carbonyl (C=O) groups is 1. The van der Waals surface area contributed by atoms with E-state index in [2.05, 4.69) is 5.16 Å². The lowest BCUT2D eigenvalue weighted by Crippen LogP contribution is -2.51. The van der Waals surface area contributed by atoms with E-state index >= 15 is 0 Å². The maximum absolute atomic E-state index is 12.5. The minimum Gasteiger partial charge on any atom is -0.409 e. The molecule has 0 radical (unpaired) electrons. The van der Waals surface area contributed by atoms with Crippen molar-refractivity contribution < 1.29 is 14.7 Å². The molecule has 0 aromatic rings. The van der Waals surface area contributed by atoms with Crippen molar-refractivity contribution >= 4 is 11.7 Å². The second-order valence-electron chi connectivity index (χ2n) is 4.86. The Bertz CT molecular complexity index is 303. The third-order valence-corrected chi connectivity index (χ3v) is 3.20. The summed E-state index contributed by atoms with van der Waals surface area (Å²) in [4.78, 5) is 14.2. The van der Waals surface area contributed by atoms with Crippen LogP contribution >= 0.6 is 0 Å². The lowest BCUT2D eigenvalue weighted by atomic mass is 9.89. The van der Waals surface area contributed by atoms with Crippen LogP contribution < -0.4 is 5.73 Å². The van der Waals surface area contributed by atoms with Crippen molar-refractivity contribution in [1.29, 1.82) is 0 Å². The van der Waals surface area contributed by atoms with Gasteiger partial charge in [-0.25, -0.2) is 0 Å². The first-order valence-electron chi connectivity index (χ1n) is 6.10. The number of hydrogen-bond donors (Lipinski definition) is 2. The number of ether oxygens (including phenoxy) is 1. The number of hydrogen-bond acceptors (Lipinski definition) is 4. The summed E-state index contributed by atoms with van der Waals surface area (Å²) in [6, 6.07) is 0.0819. The lowest BCUT2D eigenvalue weighted by Gasteiger charge is -2.34. The Kier molecular flexibility index (Phi) is 6.68. The summed E-state index contributed by atoms with van der Waals surface area (Å²) >= 11 is 0. The molecule has 0 heterocycles. The van der Waals surface area contributed by atoms with Crippen LogP contribution in [0.25, 0.3) is 0 Å². The molecular formula is C12H25N3O3. The molecule has 18 heavy (non-hydrogen) atoms. The van der Waals surface area contributed by atoms with Crippen LogP contribution in [0.3, 0.4) is 0 Å². The molecule has 3 N–H and O–H groups in total. The highest BCUT2D eigenvalue weighted by Crippen LogP contribution is 2.21. The maximum atomic E-state index is 12.5. The largest absolute Gasteiger partial charge is 0.409 e. The molecule has 106 valence electrons. The van der Waals surface area contributed by atoms with Crippen LogP contribution in [0.2, 0.25) is 0 Å². The van der Waals surface area contributed by atoms with Gasteiger partial charge in [-0.15, -0.1) is 0 Å². The van der Waals surface area contributed by atoms with Gasteiger partial charge in [-0.2, -0.15) is 0 Å². The second-order valence-corrected chi connectivity index (χ2v) is 4.86. The van der Waals surface area contributed by atoms with E-state index in [9.17, 15) is 4.79 Å². The van der Waals surface area contributed by atoms with Crippen molar-refractivity contribution in [3.63, 3.8) is 0 Å². The van der Waals surface area contributed by atoms with E-state index in [-0.39, 0.29) is 17.8 Å². The first-order chi connectivity index (χ1) is 8.32. The molecule has 0 saturated heterocycles. The molecule has 0 saturated carbocycles.